The van der Waals surface area contributed by atoms with Crippen LogP contribution in [0.4, 0.5) is 4.39 Å². The van der Waals surface area contributed by atoms with Gasteiger partial charge in [0.05, 0.1) is 4.90 Å². The molecular formula is C20H23FN2O3S. The predicted molar refractivity (Wildman–Crippen MR) is 101 cm³/mol. The van der Waals surface area contributed by atoms with Gasteiger partial charge in [-0.15, -0.1) is 0 Å². The van der Waals surface area contributed by atoms with E-state index in [1.165, 1.54) is 12.1 Å². The van der Waals surface area contributed by atoms with Gasteiger partial charge in [0.25, 0.3) is 0 Å². The standard InChI is InChI=1S/C20H23FN2O3S/c21-16-10-12-18(13-11-16)27(25,26)23-19(14-15-6-2-1-3-7-15)20(24)22-17-8-4-5-9-17/h1-3,6-7,10-13,17,19,23H,4-5,8-9,14H2,(H,22,24). The molecule has 1 amide bonds. The Balaban J connectivity index is 1.79. The van der Waals surface area contributed by atoms with E-state index in [1.807, 2.05) is 30.3 Å². The SMILES string of the molecule is O=C(NC1CCCC1)C(Cc1ccccc1)NS(=O)(=O)c1ccc(F)cc1. The summed E-state index contributed by atoms with van der Waals surface area (Å²) in [4.78, 5) is 12.7. The van der Waals surface area contributed by atoms with Crippen LogP contribution >= 0.6 is 0 Å². The van der Waals surface area contributed by atoms with Crippen LogP contribution in [0.5, 0.6) is 0 Å². The third kappa shape index (κ3) is 5.37. The molecule has 1 saturated carbocycles. The number of carbonyl (C=O) groups excluding carboxylic acids is 1. The van der Waals surface area contributed by atoms with Gasteiger partial charge in [-0.25, -0.2) is 12.8 Å². The first-order chi connectivity index (χ1) is 12.9. The van der Waals surface area contributed by atoms with Crippen molar-refractivity contribution in [3.05, 3.63) is 66.0 Å². The second kappa shape index (κ2) is 8.63. The zero-order chi connectivity index (χ0) is 19.3. The largest absolute Gasteiger partial charge is 0.352 e. The van der Waals surface area contributed by atoms with E-state index >= 15 is 0 Å². The minimum atomic E-state index is -3.95. The van der Waals surface area contributed by atoms with E-state index in [1.54, 1.807) is 0 Å². The van der Waals surface area contributed by atoms with E-state index in [-0.39, 0.29) is 23.3 Å². The van der Waals surface area contributed by atoms with Crippen LogP contribution in [-0.2, 0) is 21.2 Å². The first-order valence-corrected chi connectivity index (χ1v) is 10.5. The Hall–Kier alpha value is -2.25. The number of amides is 1. The number of carbonyl (C=O) groups is 1. The summed E-state index contributed by atoms with van der Waals surface area (Å²) in [5, 5.41) is 2.96. The molecule has 0 heterocycles. The lowest BCUT2D eigenvalue weighted by atomic mass is 10.1. The smallest absolute Gasteiger partial charge is 0.241 e. The third-order valence-corrected chi connectivity index (χ3v) is 6.21. The van der Waals surface area contributed by atoms with Crippen molar-refractivity contribution in [2.45, 2.75) is 49.1 Å². The molecule has 0 aliphatic heterocycles. The predicted octanol–water partition coefficient (Wildman–Crippen LogP) is 2.77. The number of halogens is 1. The molecule has 1 fully saturated rings. The zero-order valence-electron chi connectivity index (χ0n) is 14.9. The van der Waals surface area contributed by atoms with E-state index in [4.69, 9.17) is 0 Å². The average Bonchev–Trinajstić information content (AvgIpc) is 3.15. The van der Waals surface area contributed by atoms with E-state index < -0.39 is 21.9 Å². The fourth-order valence-electron chi connectivity index (χ4n) is 3.28. The van der Waals surface area contributed by atoms with Crippen molar-refractivity contribution in [1.29, 1.82) is 0 Å². The second-order valence-electron chi connectivity index (χ2n) is 6.81. The Bertz CT molecular complexity index is 864. The summed E-state index contributed by atoms with van der Waals surface area (Å²) in [6.07, 6.45) is 4.19. The van der Waals surface area contributed by atoms with Gasteiger partial charge >= 0.3 is 0 Å². The van der Waals surface area contributed by atoms with Gasteiger partial charge in [-0.1, -0.05) is 43.2 Å². The molecule has 3 rings (SSSR count). The third-order valence-electron chi connectivity index (χ3n) is 4.72. The maximum absolute atomic E-state index is 13.1. The Morgan fingerprint density at radius 3 is 2.30 bits per heavy atom. The van der Waals surface area contributed by atoms with Gasteiger partial charge in [-0.3, -0.25) is 4.79 Å². The molecule has 144 valence electrons. The second-order valence-corrected chi connectivity index (χ2v) is 8.52. The quantitative estimate of drug-likeness (QED) is 0.763. The van der Waals surface area contributed by atoms with Crippen molar-refractivity contribution in [3.63, 3.8) is 0 Å². The minimum absolute atomic E-state index is 0.0735. The summed E-state index contributed by atoms with van der Waals surface area (Å²) >= 11 is 0. The summed E-state index contributed by atoms with van der Waals surface area (Å²) in [5.74, 6) is -0.856. The Kier molecular flexibility index (Phi) is 6.23. The van der Waals surface area contributed by atoms with Gasteiger partial charge in [0, 0.05) is 6.04 Å². The van der Waals surface area contributed by atoms with Crippen LogP contribution in [0.1, 0.15) is 31.2 Å². The van der Waals surface area contributed by atoms with Gasteiger partial charge < -0.3 is 5.32 Å². The molecule has 27 heavy (non-hydrogen) atoms. The topological polar surface area (TPSA) is 75.3 Å². The molecule has 7 heteroatoms. The number of hydrogen-bond acceptors (Lipinski definition) is 3. The number of benzene rings is 2. The van der Waals surface area contributed by atoms with Gasteiger partial charge in [0.15, 0.2) is 0 Å². The molecule has 2 aromatic carbocycles. The molecule has 2 N–H and O–H groups in total. The molecule has 1 aliphatic rings. The first kappa shape index (κ1) is 19.5. The molecule has 0 saturated heterocycles. The van der Waals surface area contributed by atoms with Gasteiger partial charge in [0.2, 0.25) is 15.9 Å². The van der Waals surface area contributed by atoms with Crippen LogP contribution < -0.4 is 10.0 Å². The van der Waals surface area contributed by atoms with Crippen molar-refractivity contribution in [2.24, 2.45) is 0 Å². The van der Waals surface area contributed by atoms with Crippen LogP contribution in [0, 0.1) is 5.82 Å². The van der Waals surface area contributed by atoms with E-state index in [2.05, 4.69) is 10.0 Å². The van der Waals surface area contributed by atoms with E-state index in [0.717, 1.165) is 43.4 Å². The molecule has 0 radical (unpaired) electrons. The molecule has 0 spiro atoms. The number of sulfonamides is 1. The zero-order valence-corrected chi connectivity index (χ0v) is 15.7. The summed E-state index contributed by atoms with van der Waals surface area (Å²) in [6, 6.07) is 12.9. The van der Waals surface area contributed by atoms with Gasteiger partial charge in [0.1, 0.15) is 11.9 Å². The molecule has 1 unspecified atom stereocenters. The highest BCUT2D eigenvalue weighted by Crippen LogP contribution is 2.18. The molecule has 5 nitrogen and oxygen atoms in total. The van der Waals surface area contributed by atoms with Crippen molar-refractivity contribution >= 4 is 15.9 Å². The lowest BCUT2D eigenvalue weighted by molar-refractivity contribution is -0.123. The Labute approximate surface area is 159 Å². The Morgan fingerprint density at radius 1 is 1.04 bits per heavy atom. The number of hydrogen-bond donors (Lipinski definition) is 2. The maximum Gasteiger partial charge on any atom is 0.241 e. The van der Waals surface area contributed by atoms with Crippen LogP contribution in [0.15, 0.2) is 59.5 Å². The monoisotopic (exact) mass is 390 g/mol. The normalized spacial score (nSPS) is 16.2. The lowest BCUT2D eigenvalue weighted by Gasteiger charge is -2.21. The number of nitrogens with one attached hydrogen (secondary N) is 2. The van der Waals surface area contributed by atoms with Crippen LogP contribution in [0.25, 0.3) is 0 Å². The molecule has 1 aliphatic carbocycles. The molecule has 2 aromatic rings. The summed E-state index contributed by atoms with van der Waals surface area (Å²) < 4.78 is 40.9. The van der Waals surface area contributed by atoms with Crippen molar-refractivity contribution in [1.82, 2.24) is 10.0 Å². The fourth-order valence-corrected chi connectivity index (χ4v) is 4.47. The molecule has 1 atom stereocenters. The van der Waals surface area contributed by atoms with E-state index in [0.29, 0.717) is 0 Å². The summed E-state index contributed by atoms with van der Waals surface area (Å²) in [6.45, 7) is 0. The van der Waals surface area contributed by atoms with Crippen LogP contribution in [0.3, 0.4) is 0 Å². The average molecular weight is 390 g/mol. The first-order valence-electron chi connectivity index (χ1n) is 9.06. The number of rotatable bonds is 7. The molecule has 0 bridgehead atoms. The summed E-state index contributed by atoms with van der Waals surface area (Å²) in [7, 11) is -3.95. The van der Waals surface area contributed by atoms with Gasteiger partial charge in [-0.05, 0) is 49.1 Å². The highest BCUT2D eigenvalue weighted by molar-refractivity contribution is 7.89. The lowest BCUT2D eigenvalue weighted by Crippen LogP contribution is -2.50. The highest BCUT2D eigenvalue weighted by atomic mass is 32.2. The molecule has 0 aromatic heterocycles. The highest BCUT2D eigenvalue weighted by Gasteiger charge is 2.28. The van der Waals surface area contributed by atoms with Crippen molar-refractivity contribution < 1.29 is 17.6 Å². The van der Waals surface area contributed by atoms with E-state index in [9.17, 15) is 17.6 Å². The van der Waals surface area contributed by atoms with Crippen LogP contribution in [-0.4, -0.2) is 26.4 Å². The van der Waals surface area contributed by atoms with Crippen molar-refractivity contribution in [2.75, 3.05) is 0 Å². The van der Waals surface area contributed by atoms with Crippen molar-refractivity contribution in [3.8, 4) is 0 Å². The maximum atomic E-state index is 13.1. The molecular weight excluding hydrogens is 367 g/mol. The van der Waals surface area contributed by atoms with Gasteiger partial charge in [-0.2, -0.15) is 4.72 Å². The summed E-state index contributed by atoms with van der Waals surface area (Å²) in [5.41, 5.74) is 0.853. The minimum Gasteiger partial charge on any atom is -0.352 e. The fraction of sp³-hybridized carbons (Fsp3) is 0.350. The Morgan fingerprint density at radius 2 is 1.67 bits per heavy atom. The van der Waals surface area contributed by atoms with Crippen LogP contribution in [0.2, 0.25) is 0 Å².